The lowest BCUT2D eigenvalue weighted by atomic mass is 10.0. The fourth-order valence-corrected chi connectivity index (χ4v) is 7.31. The molecule has 42 heavy (non-hydrogen) atoms. The Bertz CT molecular complexity index is 1590. The van der Waals surface area contributed by atoms with Crippen LogP contribution >= 0.6 is 27.3 Å². The summed E-state index contributed by atoms with van der Waals surface area (Å²) in [5.41, 5.74) is 3.63. The molecule has 4 rings (SSSR count). The van der Waals surface area contributed by atoms with Crippen molar-refractivity contribution in [3.8, 4) is 0 Å². The number of fused-ring (bicyclic) bond motifs is 1. The quantitative estimate of drug-likeness (QED) is 0.186. The number of aliphatic hydroxyl groups is 1. The fourth-order valence-electron chi connectivity index (χ4n) is 4.55. The Morgan fingerprint density at radius 2 is 1.81 bits per heavy atom. The summed E-state index contributed by atoms with van der Waals surface area (Å²) in [5, 5.41) is 14.3. The molecule has 2 atom stereocenters. The van der Waals surface area contributed by atoms with E-state index in [1.54, 1.807) is 44.5 Å². The van der Waals surface area contributed by atoms with Crippen LogP contribution in [0.1, 0.15) is 38.3 Å². The topological polar surface area (TPSA) is 109 Å². The number of benzene rings is 3. The van der Waals surface area contributed by atoms with Crippen molar-refractivity contribution in [2.75, 3.05) is 13.1 Å². The van der Waals surface area contributed by atoms with Gasteiger partial charge in [0.15, 0.2) is 0 Å². The number of rotatable bonds is 12. The number of alkyl carbamates (subject to hydrolysis) is 1. The number of carbonyl (C=O) groups excluding carboxylic acids is 1. The second-order valence-electron chi connectivity index (χ2n) is 11.1. The number of nitrogens with one attached hydrogen (secondary N) is 1. The molecule has 0 aliphatic carbocycles. The van der Waals surface area contributed by atoms with E-state index in [9.17, 15) is 18.3 Å². The van der Waals surface area contributed by atoms with E-state index in [-0.39, 0.29) is 18.0 Å². The first-order valence-electron chi connectivity index (χ1n) is 13.7. The smallest absolute Gasteiger partial charge is 0.407 e. The van der Waals surface area contributed by atoms with Crippen LogP contribution in [0.4, 0.5) is 4.79 Å². The van der Waals surface area contributed by atoms with E-state index in [4.69, 9.17) is 4.74 Å². The predicted molar refractivity (Wildman–Crippen MR) is 170 cm³/mol. The van der Waals surface area contributed by atoms with E-state index in [0.717, 1.165) is 25.8 Å². The second kappa shape index (κ2) is 14.1. The van der Waals surface area contributed by atoms with Crippen molar-refractivity contribution in [1.29, 1.82) is 0 Å². The molecule has 0 fully saturated rings. The Morgan fingerprint density at radius 1 is 1.07 bits per heavy atom. The van der Waals surface area contributed by atoms with E-state index >= 15 is 0 Å². The largest absolute Gasteiger partial charge is 0.444 e. The molecule has 4 aromatic rings. The molecule has 8 nitrogen and oxygen atoms in total. The van der Waals surface area contributed by atoms with E-state index in [1.807, 2.05) is 54.6 Å². The van der Waals surface area contributed by atoms with Crippen molar-refractivity contribution in [2.24, 2.45) is 0 Å². The summed E-state index contributed by atoms with van der Waals surface area (Å²) >= 11 is 4.85. The number of hydrogen-bond acceptors (Lipinski definition) is 7. The van der Waals surface area contributed by atoms with Crippen molar-refractivity contribution in [3.63, 3.8) is 0 Å². The molecule has 11 heteroatoms. The van der Waals surface area contributed by atoms with Crippen LogP contribution in [0.25, 0.3) is 10.2 Å². The maximum Gasteiger partial charge on any atom is 0.407 e. The third kappa shape index (κ3) is 9.08. The average molecular weight is 675 g/mol. The van der Waals surface area contributed by atoms with Crippen LogP contribution in [0.2, 0.25) is 0 Å². The molecule has 3 aromatic carbocycles. The van der Waals surface area contributed by atoms with Crippen LogP contribution in [0.15, 0.2) is 87.7 Å². The number of aliphatic hydroxyl groups excluding tert-OH is 1. The van der Waals surface area contributed by atoms with Gasteiger partial charge in [0.1, 0.15) is 5.60 Å². The molecule has 0 aliphatic rings. The number of sulfonamides is 1. The van der Waals surface area contributed by atoms with Gasteiger partial charge in [0.25, 0.3) is 0 Å². The van der Waals surface area contributed by atoms with Crippen LogP contribution in [-0.4, -0.2) is 59.7 Å². The van der Waals surface area contributed by atoms with Gasteiger partial charge < -0.3 is 15.2 Å². The highest BCUT2D eigenvalue weighted by molar-refractivity contribution is 9.10. The lowest BCUT2D eigenvalue weighted by molar-refractivity contribution is 0.0402. The summed E-state index contributed by atoms with van der Waals surface area (Å²) in [6.45, 7) is 5.24. The van der Waals surface area contributed by atoms with E-state index in [1.165, 1.54) is 15.6 Å². The molecule has 0 unspecified atom stereocenters. The number of carbonyl (C=O) groups is 1. The maximum absolute atomic E-state index is 14.0. The summed E-state index contributed by atoms with van der Waals surface area (Å²) in [7, 11) is -3.99. The highest BCUT2D eigenvalue weighted by Gasteiger charge is 2.32. The van der Waals surface area contributed by atoms with Gasteiger partial charge in [-0.1, -0.05) is 58.4 Å². The summed E-state index contributed by atoms with van der Waals surface area (Å²) in [5.74, 6) is 0. The molecule has 0 radical (unpaired) electrons. The van der Waals surface area contributed by atoms with Gasteiger partial charge in [-0.3, -0.25) is 0 Å². The van der Waals surface area contributed by atoms with Crippen LogP contribution in [0, 0.1) is 0 Å². The average Bonchev–Trinajstić information content (AvgIpc) is 3.40. The van der Waals surface area contributed by atoms with Crippen LogP contribution in [0.5, 0.6) is 0 Å². The Kier molecular flexibility index (Phi) is 10.8. The van der Waals surface area contributed by atoms with Crippen molar-refractivity contribution >= 4 is 53.6 Å². The zero-order valence-corrected chi connectivity index (χ0v) is 27.1. The lowest BCUT2D eigenvalue weighted by Crippen LogP contribution is -2.51. The number of ether oxygens (including phenoxy) is 1. The highest BCUT2D eigenvalue weighted by Crippen LogP contribution is 2.25. The van der Waals surface area contributed by atoms with E-state index < -0.39 is 33.9 Å². The minimum absolute atomic E-state index is 0.133. The summed E-state index contributed by atoms with van der Waals surface area (Å²) in [4.78, 5) is 17.1. The molecule has 0 saturated heterocycles. The molecule has 2 N–H and O–H groups in total. The lowest BCUT2D eigenvalue weighted by Gasteiger charge is -2.30. The molecule has 224 valence electrons. The zero-order valence-electron chi connectivity index (χ0n) is 23.9. The van der Waals surface area contributed by atoms with Crippen LogP contribution in [-0.2, 0) is 27.6 Å². The molecule has 0 bridgehead atoms. The van der Waals surface area contributed by atoms with Gasteiger partial charge in [0.2, 0.25) is 10.0 Å². The van der Waals surface area contributed by atoms with Gasteiger partial charge in [-0.05, 0) is 81.5 Å². The monoisotopic (exact) mass is 673 g/mol. The van der Waals surface area contributed by atoms with Crippen molar-refractivity contribution < 1.29 is 23.1 Å². The zero-order chi connectivity index (χ0) is 30.3. The number of halogens is 1. The molecule has 1 amide bonds. The Morgan fingerprint density at radius 3 is 2.52 bits per heavy atom. The Labute approximate surface area is 259 Å². The number of aryl methyl sites for hydroxylation is 1. The number of aromatic nitrogens is 1. The fraction of sp³-hybridized carbons (Fsp3) is 0.355. The molecule has 0 saturated carbocycles. The van der Waals surface area contributed by atoms with Crippen molar-refractivity contribution in [3.05, 3.63) is 93.9 Å². The maximum atomic E-state index is 14.0. The second-order valence-corrected chi connectivity index (χ2v) is 14.8. The first-order valence-corrected chi connectivity index (χ1v) is 16.8. The molecular formula is C31H36BrN3O5S2. The minimum atomic E-state index is -3.99. The minimum Gasteiger partial charge on any atom is -0.444 e. The number of thiazole rings is 1. The summed E-state index contributed by atoms with van der Waals surface area (Å²) in [6, 6.07) is 21.4. The molecule has 1 heterocycles. The number of hydrogen-bond donors (Lipinski definition) is 2. The van der Waals surface area contributed by atoms with E-state index in [2.05, 4.69) is 26.2 Å². The van der Waals surface area contributed by atoms with Gasteiger partial charge >= 0.3 is 6.09 Å². The normalized spacial score (nSPS) is 13.7. The van der Waals surface area contributed by atoms with Crippen LogP contribution < -0.4 is 5.32 Å². The Balaban J connectivity index is 1.59. The molecule has 0 aliphatic heterocycles. The number of nitrogens with zero attached hydrogens (tertiary/aromatic N) is 2. The van der Waals surface area contributed by atoms with Crippen molar-refractivity contribution in [2.45, 2.75) is 62.7 Å². The summed E-state index contributed by atoms with van der Waals surface area (Å²) < 4.78 is 36.5. The Hall–Kier alpha value is -2.83. The first kappa shape index (κ1) is 32.1. The highest BCUT2D eigenvalue weighted by atomic mass is 79.9. The summed E-state index contributed by atoms with van der Waals surface area (Å²) in [6.07, 6.45) is -0.416. The molecule has 0 spiro atoms. The van der Waals surface area contributed by atoms with Crippen molar-refractivity contribution in [1.82, 2.24) is 14.6 Å². The first-order chi connectivity index (χ1) is 19.9. The van der Waals surface area contributed by atoms with E-state index in [0.29, 0.717) is 19.3 Å². The SMILES string of the molecule is CC(C)(C)OC(=O)N[C@@H](Cc1ccccc1)[C@H](O)CN(CCCc1cccc(Br)c1)S(=O)(=O)c1ccc2ncsc2c1. The molecule has 1 aromatic heterocycles. The molecular weight excluding hydrogens is 638 g/mol. The predicted octanol–water partition coefficient (Wildman–Crippen LogP) is 6.18. The third-order valence-corrected chi connectivity index (χ3v) is 9.70. The third-order valence-electron chi connectivity index (χ3n) is 6.56. The van der Waals surface area contributed by atoms with Gasteiger partial charge in [-0.25, -0.2) is 18.2 Å². The van der Waals surface area contributed by atoms with Gasteiger partial charge in [0.05, 0.1) is 32.8 Å². The van der Waals surface area contributed by atoms with Gasteiger partial charge in [0, 0.05) is 17.6 Å². The standard InChI is InChI=1S/C31H36BrN3O5S2/c1-31(2,3)40-30(37)34-27(18-23-9-5-4-6-10-23)28(36)20-35(16-8-12-22-11-7-13-24(32)17-22)42(38,39)25-14-15-26-29(19-25)41-21-33-26/h4-7,9-11,13-15,17,19,21,27-28,36H,8,12,16,18,20H2,1-3H3,(H,34,37)/t27-,28+/m0/s1. The van der Waals surface area contributed by atoms with Gasteiger partial charge in [-0.2, -0.15) is 4.31 Å². The number of amides is 1. The van der Waals surface area contributed by atoms with Crippen LogP contribution in [0.3, 0.4) is 0 Å². The van der Waals surface area contributed by atoms with Gasteiger partial charge in [-0.15, -0.1) is 11.3 Å².